The van der Waals surface area contributed by atoms with Gasteiger partial charge in [-0.05, 0) is 41.8 Å². The lowest BCUT2D eigenvalue weighted by Gasteiger charge is -2.10. The van der Waals surface area contributed by atoms with Crippen molar-refractivity contribution in [3.05, 3.63) is 65.8 Å². The third-order valence-electron chi connectivity index (χ3n) is 4.30. The third kappa shape index (κ3) is 4.80. The van der Waals surface area contributed by atoms with Gasteiger partial charge in [0.05, 0.1) is 11.0 Å². The Bertz CT molecular complexity index is 945. The molecule has 1 amide bonds. The number of hydrogen-bond acceptors (Lipinski definition) is 4. The molecule has 3 rings (SSSR count). The SMILES string of the molecule is CC(C)Cc1nc2cc(C=CC(=O)NO)ccc2n1CCc1ccccn1. The first-order valence-electron chi connectivity index (χ1n) is 9.08. The number of pyridine rings is 1. The van der Waals surface area contributed by atoms with Crippen LogP contribution in [0.3, 0.4) is 0 Å². The van der Waals surface area contributed by atoms with Gasteiger partial charge in [0.2, 0.25) is 0 Å². The van der Waals surface area contributed by atoms with Gasteiger partial charge in [-0.25, -0.2) is 10.5 Å². The van der Waals surface area contributed by atoms with E-state index in [2.05, 4.69) is 23.4 Å². The monoisotopic (exact) mass is 364 g/mol. The normalized spacial score (nSPS) is 11.6. The van der Waals surface area contributed by atoms with Crippen LogP contribution in [0.25, 0.3) is 17.1 Å². The number of amides is 1. The molecule has 0 spiro atoms. The Morgan fingerprint density at radius 2 is 2.15 bits per heavy atom. The molecule has 6 heteroatoms. The molecular formula is C21H24N4O2. The van der Waals surface area contributed by atoms with Crippen molar-refractivity contribution in [1.82, 2.24) is 20.0 Å². The summed E-state index contributed by atoms with van der Waals surface area (Å²) in [6.45, 7) is 5.19. The highest BCUT2D eigenvalue weighted by atomic mass is 16.5. The van der Waals surface area contributed by atoms with Crippen molar-refractivity contribution in [3.8, 4) is 0 Å². The van der Waals surface area contributed by atoms with Gasteiger partial charge in [0.25, 0.3) is 5.91 Å². The van der Waals surface area contributed by atoms with Crippen LogP contribution >= 0.6 is 0 Å². The minimum atomic E-state index is -0.559. The van der Waals surface area contributed by atoms with Crippen molar-refractivity contribution >= 4 is 23.0 Å². The molecule has 6 nitrogen and oxygen atoms in total. The number of hydroxylamine groups is 1. The molecule has 0 radical (unpaired) electrons. The van der Waals surface area contributed by atoms with Gasteiger partial charge in [0.15, 0.2) is 0 Å². The largest absolute Gasteiger partial charge is 0.328 e. The molecule has 0 bridgehead atoms. The minimum absolute atomic E-state index is 0.503. The second kappa shape index (κ2) is 8.60. The van der Waals surface area contributed by atoms with E-state index in [0.717, 1.165) is 47.5 Å². The smallest absolute Gasteiger partial charge is 0.267 e. The predicted octanol–water partition coefficient (Wildman–Crippen LogP) is 3.39. The number of fused-ring (bicyclic) bond motifs is 1. The van der Waals surface area contributed by atoms with E-state index in [1.54, 1.807) is 11.6 Å². The minimum Gasteiger partial charge on any atom is -0.328 e. The molecule has 2 aromatic heterocycles. The molecule has 0 aliphatic heterocycles. The molecule has 0 aliphatic carbocycles. The van der Waals surface area contributed by atoms with Crippen molar-refractivity contribution < 1.29 is 10.0 Å². The van der Waals surface area contributed by atoms with E-state index in [0.29, 0.717) is 5.92 Å². The topological polar surface area (TPSA) is 80.0 Å². The Morgan fingerprint density at radius 3 is 2.85 bits per heavy atom. The van der Waals surface area contributed by atoms with Crippen LogP contribution in [0.1, 0.15) is 30.9 Å². The fourth-order valence-electron chi connectivity index (χ4n) is 3.05. The van der Waals surface area contributed by atoms with Crippen molar-refractivity contribution in [3.63, 3.8) is 0 Å². The van der Waals surface area contributed by atoms with Crippen molar-refractivity contribution in [2.45, 2.75) is 33.2 Å². The summed E-state index contributed by atoms with van der Waals surface area (Å²) in [6, 6.07) is 11.9. The molecule has 140 valence electrons. The number of aryl methyl sites for hydroxylation is 2. The Hall–Kier alpha value is -2.99. The molecule has 0 saturated carbocycles. The molecule has 0 fully saturated rings. The highest BCUT2D eigenvalue weighted by Crippen LogP contribution is 2.21. The van der Waals surface area contributed by atoms with E-state index in [9.17, 15) is 4.79 Å². The fourth-order valence-corrected chi connectivity index (χ4v) is 3.05. The first-order chi connectivity index (χ1) is 13.1. The Morgan fingerprint density at radius 1 is 1.30 bits per heavy atom. The van der Waals surface area contributed by atoms with Gasteiger partial charge in [-0.2, -0.15) is 0 Å². The van der Waals surface area contributed by atoms with Crippen molar-refractivity contribution in [2.75, 3.05) is 0 Å². The summed E-state index contributed by atoms with van der Waals surface area (Å²) in [5.41, 5.74) is 5.48. The average molecular weight is 364 g/mol. The van der Waals surface area contributed by atoms with E-state index in [1.165, 1.54) is 6.08 Å². The van der Waals surface area contributed by atoms with Gasteiger partial charge in [-0.3, -0.25) is 15.0 Å². The number of nitrogens with one attached hydrogen (secondary N) is 1. The predicted molar refractivity (Wildman–Crippen MR) is 105 cm³/mol. The van der Waals surface area contributed by atoms with E-state index < -0.39 is 5.91 Å². The molecule has 0 unspecified atom stereocenters. The van der Waals surface area contributed by atoms with Gasteiger partial charge < -0.3 is 4.57 Å². The zero-order valence-electron chi connectivity index (χ0n) is 15.6. The molecule has 1 aromatic carbocycles. The highest BCUT2D eigenvalue weighted by Gasteiger charge is 2.12. The number of aromatic nitrogens is 3. The van der Waals surface area contributed by atoms with Crippen LogP contribution in [0.4, 0.5) is 0 Å². The number of carbonyl (C=O) groups is 1. The summed E-state index contributed by atoms with van der Waals surface area (Å²) in [6.07, 6.45) is 6.50. The summed E-state index contributed by atoms with van der Waals surface area (Å²) in [7, 11) is 0. The van der Waals surface area contributed by atoms with Crippen molar-refractivity contribution in [2.24, 2.45) is 5.92 Å². The first-order valence-corrected chi connectivity index (χ1v) is 9.08. The maximum atomic E-state index is 11.2. The van der Waals surface area contributed by atoms with E-state index in [1.807, 2.05) is 42.6 Å². The molecule has 2 heterocycles. The summed E-state index contributed by atoms with van der Waals surface area (Å²) in [4.78, 5) is 20.4. The second-order valence-corrected chi connectivity index (χ2v) is 6.91. The van der Waals surface area contributed by atoms with Crippen LogP contribution < -0.4 is 5.48 Å². The summed E-state index contributed by atoms with van der Waals surface area (Å²) >= 11 is 0. The summed E-state index contributed by atoms with van der Waals surface area (Å²) < 4.78 is 2.26. The molecule has 2 N–H and O–H groups in total. The number of imidazole rings is 1. The number of hydrogen-bond donors (Lipinski definition) is 2. The van der Waals surface area contributed by atoms with E-state index in [4.69, 9.17) is 10.2 Å². The third-order valence-corrected chi connectivity index (χ3v) is 4.30. The Labute approximate surface area is 158 Å². The van der Waals surface area contributed by atoms with Gasteiger partial charge in [0.1, 0.15) is 5.82 Å². The highest BCUT2D eigenvalue weighted by molar-refractivity contribution is 5.91. The molecule has 0 aliphatic rings. The maximum absolute atomic E-state index is 11.2. The van der Waals surface area contributed by atoms with Gasteiger partial charge in [-0.15, -0.1) is 0 Å². The molecule has 0 atom stereocenters. The van der Waals surface area contributed by atoms with Crippen LogP contribution in [0.5, 0.6) is 0 Å². The van der Waals surface area contributed by atoms with Crippen LogP contribution in [0.2, 0.25) is 0 Å². The lowest BCUT2D eigenvalue weighted by molar-refractivity contribution is -0.124. The lowest BCUT2D eigenvalue weighted by Crippen LogP contribution is -2.14. The van der Waals surface area contributed by atoms with Crippen molar-refractivity contribution in [1.29, 1.82) is 0 Å². The molecular weight excluding hydrogens is 340 g/mol. The quantitative estimate of drug-likeness (QED) is 0.383. The maximum Gasteiger partial charge on any atom is 0.267 e. The van der Waals surface area contributed by atoms with Crippen LogP contribution in [0, 0.1) is 5.92 Å². The number of rotatable bonds is 7. The van der Waals surface area contributed by atoms with Crippen LogP contribution in [-0.4, -0.2) is 25.6 Å². The van der Waals surface area contributed by atoms with Gasteiger partial charge >= 0.3 is 0 Å². The van der Waals surface area contributed by atoms with E-state index in [-0.39, 0.29) is 0 Å². The molecule has 27 heavy (non-hydrogen) atoms. The summed E-state index contributed by atoms with van der Waals surface area (Å²) in [5, 5.41) is 8.59. The van der Waals surface area contributed by atoms with Crippen LogP contribution in [0.15, 0.2) is 48.7 Å². The molecule has 0 saturated heterocycles. The van der Waals surface area contributed by atoms with Gasteiger partial charge in [-0.1, -0.05) is 26.0 Å². The first kappa shape index (κ1) is 18.8. The average Bonchev–Trinajstić information content (AvgIpc) is 3.00. The van der Waals surface area contributed by atoms with E-state index >= 15 is 0 Å². The Kier molecular flexibility index (Phi) is 5.98. The van der Waals surface area contributed by atoms with Gasteiger partial charge in [0, 0.05) is 37.4 Å². The number of nitrogens with zero attached hydrogens (tertiary/aromatic N) is 3. The number of benzene rings is 1. The Balaban J connectivity index is 1.91. The van der Waals surface area contributed by atoms with Crippen LogP contribution in [-0.2, 0) is 24.2 Å². The lowest BCUT2D eigenvalue weighted by atomic mass is 10.1. The second-order valence-electron chi connectivity index (χ2n) is 6.91. The zero-order chi connectivity index (χ0) is 19.2. The zero-order valence-corrected chi connectivity index (χ0v) is 15.6. The molecule has 3 aromatic rings. The standard InChI is InChI=1S/C21H24N4O2/c1-15(2)13-20-23-18-14-16(7-9-21(26)24-27)6-8-19(18)25(20)12-10-17-5-3-4-11-22-17/h3-9,11,14-15,27H,10,12-13H2,1-2H3,(H,24,26). The number of carbonyl (C=O) groups excluding carboxylic acids is 1. The summed E-state index contributed by atoms with van der Waals surface area (Å²) in [5.74, 6) is 1.00. The fraction of sp³-hybridized carbons (Fsp3) is 0.286.